The number of carbonyl (C=O) groups excluding carboxylic acids is 1. The number of aromatic nitrogens is 3. The lowest BCUT2D eigenvalue weighted by atomic mass is 9.96. The fourth-order valence-electron chi connectivity index (χ4n) is 2.93. The molecule has 0 radical (unpaired) electrons. The third-order valence-corrected chi connectivity index (χ3v) is 4.61. The van der Waals surface area contributed by atoms with E-state index in [2.05, 4.69) is 39.6 Å². The van der Waals surface area contributed by atoms with Crippen LogP contribution >= 0.6 is 0 Å². The van der Waals surface area contributed by atoms with Crippen molar-refractivity contribution in [2.45, 2.75) is 18.3 Å². The molecule has 0 unspecified atom stereocenters. The fourth-order valence-corrected chi connectivity index (χ4v) is 2.93. The summed E-state index contributed by atoms with van der Waals surface area (Å²) in [5, 5.41) is 3.06. The molecule has 5 heteroatoms. The standard InChI is InChI=1S/C19H18N4O/c24-18(15-6-7-17(21-12-15)23-11-10-20-14-23)22-13-19(8-9-19)16-4-2-1-3-5-16/h1-7,10-12,14H,8-9,13H2,(H,22,24). The molecule has 24 heavy (non-hydrogen) atoms. The number of carbonyl (C=O) groups is 1. The second kappa shape index (κ2) is 5.92. The van der Waals surface area contributed by atoms with Gasteiger partial charge in [0.25, 0.3) is 5.91 Å². The van der Waals surface area contributed by atoms with Gasteiger partial charge in [0, 0.05) is 30.6 Å². The van der Waals surface area contributed by atoms with Crippen LogP contribution in [0.15, 0.2) is 67.4 Å². The molecule has 3 aromatic rings. The Labute approximate surface area is 140 Å². The van der Waals surface area contributed by atoms with Crippen molar-refractivity contribution in [2.75, 3.05) is 6.54 Å². The lowest BCUT2D eigenvalue weighted by Crippen LogP contribution is -2.32. The molecule has 1 aromatic carbocycles. The SMILES string of the molecule is O=C(NCC1(c2ccccc2)CC1)c1ccc(-n2ccnc2)nc1. The Morgan fingerprint density at radius 3 is 2.62 bits per heavy atom. The van der Waals surface area contributed by atoms with E-state index < -0.39 is 0 Å². The summed E-state index contributed by atoms with van der Waals surface area (Å²) in [6.07, 6.45) is 9.04. The summed E-state index contributed by atoms with van der Waals surface area (Å²) < 4.78 is 1.80. The summed E-state index contributed by atoms with van der Waals surface area (Å²) >= 11 is 0. The van der Waals surface area contributed by atoms with Crippen molar-refractivity contribution in [1.82, 2.24) is 19.9 Å². The molecule has 5 nitrogen and oxygen atoms in total. The minimum absolute atomic E-state index is 0.0816. The van der Waals surface area contributed by atoms with Gasteiger partial charge >= 0.3 is 0 Å². The van der Waals surface area contributed by atoms with E-state index in [4.69, 9.17) is 0 Å². The number of nitrogens with one attached hydrogen (secondary N) is 1. The van der Waals surface area contributed by atoms with Crippen LogP contribution in [-0.2, 0) is 5.41 Å². The van der Waals surface area contributed by atoms with E-state index in [1.165, 1.54) is 5.56 Å². The molecule has 4 rings (SSSR count). The van der Waals surface area contributed by atoms with Gasteiger partial charge in [-0.25, -0.2) is 9.97 Å². The molecule has 1 aliphatic carbocycles. The largest absolute Gasteiger partial charge is 0.351 e. The molecule has 1 amide bonds. The lowest BCUT2D eigenvalue weighted by Gasteiger charge is -2.16. The number of pyridine rings is 1. The van der Waals surface area contributed by atoms with Crippen molar-refractivity contribution in [2.24, 2.45) is 0 Å². The minimum Gasteiger partial charge on any atom is -0.351 e. The van der Waals surface area contributed by atoms with Gasteiger partial charge in [0.1, 0.15) is 12.1 Å². The quantitative estimate of drug-likeness (QED) is 0.787. The number of rotatable bonds is 5. The first-order valence-corrected chi connectivity index (χ1v) is 8.05. The number of nitrogens with zero attached hydrogens (tertiary/aromatic N) is 3. The van der Waals surface area contributed by atoms with Crippen molar-refractivity contribution in [3.63, 3.8) is 0 Å². The van der Waals surface area contributed by atoms with E-state index in [9.17, 15) is 4.79 Å². The average Bonchev–Trinajstić information content (AvgIpc) is 3.24. The Bertz CT molecular complexity index is 822. The summed E-state index contributed by atoms with van der Waals surface area (Å²) in [4.78, 5) is 20.7. The van der Waals surface area contributed by atoms with Crippen LogP contribution < -0.4 is 5.32 Å². The topological polar surface area (TPSA) is 59.8 Å². The van der Waals surface area contributed by atoms with E-state index in [0.717, 1.165) is 18.7 Å². The van der Waals surface area contributed by atoms with Crippen LogP contribution in [0.3, 0.4) is 0 Å². The van der Waals surface area contributed by atoms with Crippen molar-refractivity contribution in [3.8, 4) is 5.82 Å². The summed E-state index contributed by atoms with van der Waals surface area (Å²) in [7, 11) is 0. The first-order valence-electron chi connectivity index (χ1n) is 8.05. The van der Waals surface area contributed by atoms with Crippen LogP contribution in [0.2, 0.25) is 0 Å². The van der Waals surface area contributed by atoms with Gasteiger partial charge in [0.05, 0.1) is 5.56 Å². The van der Waals surface area contributed by atoms with Gasteiger partial charge in [-0.1, -0.05) is 30.3 Å². The zero-order valence-electron chi connectivity index (χ0n) is 13.2. The normalized spacial score (nSPS) is 15.0. The molecule has 0 atom stereocenters. The van der Waals surface area contributed by atoms with Crippen LogP contribution in [0.5, 0.6) is 0 Å². The molecule has 1 saturated carbocycles. The third kappa shape index (κ3) is 2.80. The molecule has 0 spiro atoms. The van der Waals surface area contributed by atoms with Crippen LogP contribution in [-0.4, -0.2) is 27.0 Å². The molecule has 0 aliphatic heterocycles. The van der Waals surface area contributed by atoms with Gasteiger partial charge in [-0.05, 0) is 30.5 Å². The second-order valence-corrected chi connectivity index (χ2v) is 6.20. The first kappa shape index (κ1) is 14.6. The Morgan fingerprint density at radius 1 is 1.17 bits per heavy atom. The molecule has 0 saturated heterocycles. The van der Waals surface area contributed by atoms with Gasteiger partial charge in [0.2, 0.25) is 0 Å². The van der Waals surface area contributed by atoms with Crippen LogP contribution in [0, 0.1) is 0 Å². The number of amides is 1. The van der Waals surface area contributed by atoms with Crippen LogP contribution in [0.4, 0.5) is 0 Å². The van der Waals surface area contributed by atoms with Crippen LogP contribution in [0.25, 0.3) is 5.82 Å². The van der Waals surface area contributed by atoms with Crippen molar-refractivity contribution < 1.29 is 4.79 Å². The maximum Gasteiger partial charge on any atom is 0.252 e. The van der Waals surface area contributed by atoms with E-state index in [1.807, 2.05) is 18.3 Å². The number of benzene rings is 1. The summed E-state index contributed by atoms with van der Waals surface area (Å²) in [6, 6.07) is 14.0. The Hall–Kier alpha value is -2.95. The maximum atomic E-state index is 12.4. The zero-order chi connectivity index (χ0) is 16.4. The predicted molar refractivity (Wildman–Crippen MR) is 91.0 cm³/mol. The molecule has 120 valence electrons. The highest BCUT2D eigenvalue weighted by molar-refractivity contribution is 5.94. The van der Waals surface area contributed by atoms with Gasteiger partial charge in [0.15, 0.2) is 0 Å². The molecule has 2 heterocycles. The van der Waals surface area contributed by atoms with E-state index in [1.54, 1.807) is 29.4 Å². The Morgan fingerprint density at radius 2 is 2.00 bits per heavy atom. The van der Waals surface area contributed by atoms with Crippen molar-refractivity contribution in [3.05, 3.63) is 78.5 Å². The van der Waals surface area contributed by atoms with Gasteiger partial charge in [-0.3, -0.25) is 9.36 Å². The highest BCUT2D eigenvalue weighted by Gasteiger charge is 2.44. The fraction of sp³-hybridized carbons (Fsp3) is 0.211. The number of hydrogen-bond donors (Lipinski definition) is 1. The molecule has 0 bridgehead atoms. The second-order valence-electron chi connectivity index (χ2n) is 6.20. The Kier molecular flexibility index (Phi) is 3.61. The van der Waals surface area contributed by atoms with Crippen LogP contribution in [0.1, 0.15) is 28.8 Å². The summed E-state index contributed by atoms with van der Waals surface area (Å²) in [6.45, 7) is 0.666. The minimum atomic E-state index is -0.0816. The average molecular weight is 318 g/mol. The Balaban J connectivity index is 1.42. The first-order chi connectivity index (χ1) is 11.8. The van der Waals surface area contributed by atoms with Crippen molar-refractivity contribution in [1.29, 1.82) is 0 Å². The van der Waals surface area contributed by atoms with Crippen molar-refractivity contribution >= 4 is 5.91 Å². The lowest BCUT2D eigenvalue weighted by molar-refractivity contribution is 0.0949. The van der Waals surface area contributed by atoms with Gasteiger partial charge in [-0.15, -0.1) is 0 Å². The molecular formula is C19H18N4O. The molecule has 1 aliphatic rings. The van der Waals surface area contributed by atoms with Gasteiger partial charge < -0.3 is 5.32 Å². The van der Waals surface area contributed by atoms with E-state index in [-0.39, 0.29) is 11.3 Å². The number of imidazole rings is 1. The van der Waals surface area contributed by atoms with E-state index >= 15 is 0 Å². The third-order valence-electron chi connectivity index (χ3n) is 4.61. The number of hydrogen-bond acceptors (Lipinski definition) is 3. The summed E-state index contributed by atoms with van der Waals surface area (Å²) in [5.41, 5.74) is 1.99. The highest BCUT2D eigenvalue weighted by atomic mass is 16.1. The monoisotopic (exact) mass is 318 g/mol. The van der Waals surface area contributed by atoms with E-state index in [0.29, 0.717) is 12.1 Å². The van der Waals surface area contributed by atoms with Gasteiger partial charge in [-0.2, -0.15) is 0 Å². The zero-order valence-corrected chi connectivity index (χ0v) is 13.2. The molecule has 1 N–H and O–H groups in total. The molecule has 2 aromatic heterocycles. The maximum absolute atomic E-state index is 12.4. The molecular weight excluding hydrogens is 300 g/mol. The highest BCUT2D eigenvalue weighted by Crippen LogP contribution is 2.47. The smallest absolute Gasteiger partial charge is 0.252 e. The summed E-state index contributed by atoms with van der Waals surface area (Å²) in [5.74, 6) is 0.661. The molecule has 1 fully saturated rings. The predicted octanol–water partition coefficient (Wildman–Crippen LogP) is 2.73.